The van der Waals surface area contributed by atoms with Gasteiger partial charge in [0.05, 0.1) is 17.8 Å². The van der Waals surface area contributed by atoms with Crippen LogP contribution in [0.3, 0.4) is 0 Å². The minimum absolute atomic E-state index is 0.0651. The van der Waals surface area contributed by atoms with Gasteiger partial charge in [-0.1, -0.05) is 42.0 Å². The van der Waals surface area contributed by atoms with Crippen LogP contribution in [0.25, 0.3) is 0 Å². The molecule has 0 aliphatic carbocycles. The summed E-state index contributed by atoms with van der Waals surface area (Å²) in [5.41, 5.74) is 3.69. The molecule has 1 heterocycles. The SMILES string of the molecule is Cc1ccc(CN2CCCN(CC(=O)Nc3ccccc3C#N)CC2)cc1. The van der Waals surface area contributed by atoms with Gasteiger partial charge in [-0.3, -0.25) is 14.6 Å². The number of carbonyl (C=O) groups is 1. The summed E-state index contributed by atoms with van der Waals surface area (Å²) < 4.78 is 0. The number of carbonyl (C=O) groups excluding carboxylic acids is 1. The minimum Gasteiger partial charge on any atom is -0.324 e. The second-order valence-corrected chi connectivity index (χ2v) is 7.10. The van der Waals surface area contributed by atoms with E-state index >= 15 is 0 Å². The second-order valence-electron chi connectivity index (χ2n) is 7.10. The molecule has 3 rings (SSSR count). The molecule has 2 aromatic carbocycles. The molecule has 0 spiro atoms. The fraction of sp³-hybridized carbons (Fsp3) is 0.364. The molecule has 0 radical (unpaired) electrons. The van der Waals surface area contributed by atoms with Crippen LogP contribution in [0.1, 0.15) is 23.1 Å². The van der Waals surface area contributed by atoms with Gasteiger partial charge >= 0.3 is 0 Å². The minimum atomic E-state index is -0.0651. The van der Waals surface area contributed by atoms with Crippen molar-refractivity contribution in [2.75, 3.05) is 38.0 Å². The molecule has 5 nitrogen and oxygen atoms in total. The van der Waals surface area contributed by atoms with E-state index in [0.717, 1.165) is 39.1 Å². The second kappa shape index (κ2) is 9.31. The lowest BCUT2D eigenvalue weighted by molar-refractivity contribution is -0.117. The highest BCUT2D eigenvalue weighted by molar-refractivity contribution is 5.93. The lowest BCUT2D eigenvalue weighted by Crippen LogP contribution is -2.36. The Morgan fingerprint density at radius 3 is 2.52 bits per heavy atom. The summed E-state index contributed by atoms with van der Waals surface area (Å²) in [5, 5.41) is 12.0. The first-order valence-corrected chi connectivity index (χ1v) is 9.43. The van der Waals surface area contributed by atoms with Crippen LogP contribution >= 0.6 is 0 Å². The molecule has 2 aromatic rings. The third-order valence-electron chi connectivity index (χ3n) is 4.90. The van der Waals surface area contributed by atoms with Crippen molar-refractivity contribution in [3.05, 3.63) is 65.2 Å². The summed E-state index contributed by atoms with van der Waals surface area (Å²) in [6.45, 7) is 7.21. The van der Waals surface area contributed by atoms with Crippen LogP contribution in [0.5, 0.6) is 0 Å². The van der Waals surface area contributed by atoms with E-state index in [-0.39, 0.29) is 5.91 Å². The van der Waals surface area contributed by atoms with Gasteiger partial charge in [-0.25, -0.2) is 0 Å². The van der Waals surface area contributed by atoms with E-state index in [9.17, 15) is 4.79 Å². The van der Waals surface area contributed by atoms with E-state index in [4.69, 9.17) is 5.26 Å². The number of amides is 1. The van der Waals surface area contributed by atoms with Crippen molar-refractivity contribution in [1.29, 1.82) is 5.26 Å². The third-order valence-corrected chi connectivity index (χ3v) is 4.90. The molecule has 0 bridgehead atoms. The van der Waals surface area contributed by atoms with E-state index in [2.05, 4.69) is 52.4 Å². The summed E-state index contributed by atoms with van der Waals surface area (Å²) in [5.74, 6) is -0.0651. The number of nitrogens with one attached hydrogen (secondary N) is 1. The summed E-state index contributed by atoms with van der Waals surface area (Å²) in [4.78, 5) is 17.0. The molecule has 1 saturated heterocycles. The Morgan fingerprint density at radius 1 is 1.04 bits per heavy atom. The monoisotopic (exact) mass is 362 g/mol. The number of hydrogen-bond acceptors (Lipinski definition) is 4. The molecule has 5 heteroatoms. The van der Waals surface area contributed by atoms with Crippen LogP contribution < -0.4 is 5.32 Å². The molecular formula is C22H26N4O. The van der Waals surface area contributed by atoms with Crippen molar-refractivity contribution < 1.29 is 4.79 Å². The quantitative estimate of drug-likeness (QED) is 0.888. The van der Waals surface area contributed by atoms with Gasteiger partial charge < -0.3 is 5.32 Å². The van der Waals surface area contributed by atoms with Crippen molar-refractivity contribution in [2.45, 2.75) is 19.9 Å². The average molecular weight is 362 g/mol. The lowest BCUT2D eigenvalue weighted by atomic mass is 10.1. The van der Waals surface area contributed by atoms with Crippen LogP contribution in [-0.4, -0.2) is 48.4 Å². The number of benzene rings is 2. The van der Waals surface area contributed by atoms with E-state index in [1.54, 1.807) is 18.2 Å². The maximum Gasteiger partial charge on any atom is 0.238 e. The van der Waals surface area contributed by atoms with E-state index in [1.165, 1.54) is 11.1 Å². The lowest BCUT2D eigenvalue weighted by Gasteiger charge is -2.21. The molecule has 1 aliphatic rings. The Balaban J connectivity index is 1.50. The standard InChI is InChI=1S/C22H26N4O/c1-18-7-9-19(10-8-18)16-25-11-4-12-26(14-13-25)17-22(27)24-21-6-3-2-5-20(21)15-23/h2-3,5-10H,4,11-14,16-17H2,1H3,(H,24,27). The van der Waals surface area contributed by atoms with Crippen molar-refractivity contribution in [3.8, 4) is 6.07 Å². The first-order valence-electron chi connectivity index (χ1n) is 9.43. The van der Waals surface area contributed by atoms with Gasteiger partial charge in [0.25, 0.3) is 0 Å². The van der Waals surface area contributed by atoms with Crippen LogP contribution in [-0.2, 0) is 11.3 Å². The molecule has 140 valence electrons. The number of para-hydroxylation sites is 1. The Kier molecular flexibility index (Phi) is 6.59. The zero-order valence-electron chi connectivity index (χ0n) is 15.8. The summed E-state index contributed by atoms with van der Waals surface area (Å²) >= 11 is 0. The zero-order chi connectivity index (χ0) is 19.1. The highest BCUT2D eigenvalue weighted by Crippen LogP contribution is 2.14. The van der Waals surface area contributed by atoms with Crippen molar-refractivity contribution in [1.82, 2.24) is 9.80 Å². The highest BCUT2D eigenvalue weighted by Gasteiger charge is 2.17. The van der Waals surface area contributed by atoms with Gasteiger partial charge in [0.15, 0.2) is 0 Å². The number of hydrogen-bond donors (Lipinski definition) is 1. The Bertz CT molecular complexity index is 810. The highest BCUT2D eigenvalue weighted by atomic mass is 16.2. The molecule has 27 heavy (non-hydrogen) atoms. The van der Waals surface area contributed by atoms with Crippen LogP contribution in [0.4, 0.5) is 5.69 Å². The van der Waals surface area contributed by atoms with Crippen molar-refractivity contribution >= 4 is 11.6 Å². The Hall–Kier alpha value is -2.68. The fourth-order valence-electron chi connectivity index (χ4n) is 3.37. The summed E-state index contributed by atoms with van der Waals surface area (Å²) in [6, 6.07) is 17.9. The molecule has 1 aliphatic heterocycles. The molecule has 1 fully saturated rings. The topological polar surface area (TPSA) is 59.4 Å². The Morgan fingerprint density at radius 2 is 1.74 bits per heavy atom. The summed E-state index contributed by atoms with van der Waals surface area (Å²) in [6.07, 6.45) is 1.05. The zero-order valence-corrected chi connectivity index (χ0v) is 15.8. The van der Waals surface area contributed by atoms with E-state index in [1.807, 2.05) is 6.07 Å². The van der Waals surface area contributed by atoms with Crippen molar-refractivity contribution in [3.63, 3.8) is 0 Å². The number of anilines is 1. The van der Waals surface area contributed by atoms with Gasteiger partial charge in [-0.15, -0.1) is 0 Å². The van der Waals surface area contributed by atoms with Gasteiger partial charge in [-0.2, -0.15) is 5.26 Å². The molecule has 1 N–H and O–H groups in total. The largest absolute Gasteiger partial charge is 0.324 e. The van der Waals surface area contributed by atoms with Gasteiger partial charge in [-0.05, 0) is 44.1 Å². The number of nitrogens with zero attached hydrogens (tertiary/aromatic N) is 3. The molecular weight excluding hydrogens is 336 g/mol. The van der Waals surface area contributed by atoms with Crippen LogP contribution in [0.15, 0.2) is 48.5 Å². The van der Waals surface area contributed by atoms with Gasteiger partial charge in [0, 0.05) is 19.6 Å². The Labute approximate surface area is 161 Å². The molecule has 0 aromatic heterocycles. The molecule has 0 unspecified atom stereocenters. The predicted molar refractivity (Wildman–Crippen MR) is 107 cm³/mol. The first-order chi connectivity index (χ1) is 13.1. The maximum absolute atomic E-state index is 12.4. The van der Waals surface area contributed by atoms with Crippen LogP contribution in [0.2, 0.25) is 0 Å². The van der Waals surface area contributed by atoms with Crippen molar-refractivity contribution in [2.24, 2.45) is 0 Å². The van der Waals surface area contributed by atoms with Gasteiger partial charge in [0.2, 0.25) is 5.91 Å². The first kappa shape index (κ1) is 19.1. The number of nitriles is 1. The third kappa shape index (κ3) is 5.65. The fourth-order valence-corrected chi connectivity index (χ4v) is 3.37. The number of rotatable bonds is 5. The average Bonchev–Trinajstić information content (AvgIpc) is 2.89. The van der Waals surface area contributed by atoms with Crippen LogP contribution in [0, 0.1) is 18.3 Å². The van der Waals surface area contributed by atoms with Gasteiger partial charge in [0.1, 0.15) is 6.07 Å². The van der Waals surface area contributed by atoms with E-state index < -0.39 is 0 Å². The smallest absolute Gasteiger partial charge is 0.238 e. The normalized spacial score (nSPS) is 15.7. The number of aryl methyl sites for hydroxylation is 1. The molecule has 1 amide bonds. The molecule has 0 saturated carbocycles. The molecule has 0 atom stereocenters. The van der Waals surface area contributed by atoms with E-state index in [0.29, 0.717) is 17.8 Å². The summed E-state index contributed by atoms with van der Waals surface area (Å²) in [7, 11) is 0. The maximum atomic E-state index is 12.4. The predicted octanol–water partition coefficient (Wildman–Crippen LogP) is 3.01.